The highest BCUT2D eigenvalue weighted by Gasteiger charge is 2.31. The number of rotatable bonds is 8. The summed E-state index contributed by atoms with van der Waals surface area (Å²) < 4.78 is 41.9. The lowest BCUT2D eigenvalue weighted by Gasteiger charge is -2.29. The number of thioether (sulfide) groups is 1. The SMILES string of the molecule is CCC(C)(SC(=CCF)CC(=O)Nc1c(F)cccc1F)c1cc(C)nn1C. The highest BCUT2D eigenvalue weighted by molar-refractivity contribution is 8.04. The minimum absolute atomic E-state index is 0.186. The average Bonchev–Trinajstić information content (AvgIpc) is 2.97. The number of nitrogens with zero attached hydrogens (tertiary/aromatic N) is 2. The Bertz CT molecular complexity index is 861. The third-order valence-electron chi connectivity index (χ3n) is 4.44. The summed E-state index contributed by atoms with van der Waals surface area (Å²) in [6.07, 6.45) is 1.84. The number of nitrogens with one attached hydrogen (secondary N) is 1. The summed E-state index contributed by atoms with van der Waals surface area (Å²) in [5, 5.41) is 6.61. The van der Waals surface area contributed by atoms with Crippen LogP contribution in [0.3, 0.4) is 0 Å². The van der Waals surface area contributed by atoms with E-state index in [9.17, 15) is 18.0 Å². The molecule has 1 aromatic carbocycles. The smallest absolute Gasteiger partial charge is 0.229 e. The van der Waals surface area contributed by atoms with Crippen molar-refractivity contribution in [3.05, 3.63) is 58.3 Å². The van der Waals surface area contributed by atoms with E-state index in [1.165, 1.54) is 23.9 Å². The molecule has 2 aromatic rings. The lowest BCUT2D eigenvalue weighted by molar-refractivity contribution is -0.115. The number of anilines is 1. The van der Waals surface area contributed by atoms with Crippen molar-refractivity contribution >= 4 is 23.4 Å². The molecule has 4 nitrogen and oxygen atoms in total. The largest absolute Gasteiger partial charge is 0.321 e. The number of benzene rings is 1. The molecule has 0 aliphatic heterocycles. The molecule has 0 aliphatic rings. The zero-order valence-electron chi connectivity index (χ0n) is 16.4. The average molecular weight is 411 g/mol. The van der Waals surface area contributed by atoms with E-state index in [-0.39, 0.29) is 6.42 Å². The van der Waals surface area contributed by atoms with E-state index in [0.29, 0.717) is 11.3 Å². The fourth-order valence-electron chi connectivity index (χ4n) is 2.90. The van der Waals surface area contributed by atoms with Gasteiger partial charge in [-0.2, -0.15) is 5.10 Å². The van der Waals surface area contributed by atoms with Gasteiger partial charge in [0.2, 0.25) is 5.91 Å². The van der Waals surface area contributed by atoms with Crippen LogP contribution in [-0.4, -0.2) is 22.4 Å². The summed E-state index contributed by atoms with van der Waals surface area (Å²) in [6.45, 7) is 5.14. The number of hydrogen-bond donors (Lipinski definition) is 1. The van der Waals surface area contributed by atoms with Gasteiger partial charge in [0.25, 0.3) is 0 Å². The van der Waals surface area contributed by atoms with Gasteiger partial charge in [0.1, 0.15) is 24.0 Å². The number of hydrogen-bond acceptors (Lipinski definition) is 3. The first kappa shape index (κ1) is 22.1. The fourth-order valence-corrected chi connectivity index (χ4v) is 4.26. The molecule has 0 fully saturated rings. The lowest BCUT2D eigenvalue weighted by atomic mass is 10.0. The molecule has 1 amide bonds. The molecule has 0 saturated heterocycles. The second-order valence-electron chi connectivity index (χ2n) is 6.63. The molecular weight excluding hydrogens is 387 g/mol. The molecule has 1 atom stereocenters. The van der Waals surface area contributed by atoms with Gasteiger partial charge in [-0.05, 0) is 49.4 Å². The van der Waals surface area contributed by atoms with Crippen molar-refractivity contribution in [2.45, 2.75) is 38.4 Å². The standard InChI is InChI=1S/C20H24F3N3OS/c1-5-20(3,17-11-13(2)25-26(17)4)28-14(9-10-21)12-18(27)24-19-15(22)7-6-8-16(19)23/h6-9,11H,5,10,12H2,1-4H3,(H,24,27). The molecule has 0 aliphatic carbocycles. The summed E-state index contributed by atoms with van der Waals surface area (Å²) >= 11 is 1.36. The van der Waals surface area contributed by atoms with Crippen molar-refractivity contribution in [1.29, 1.82) is 0 Å². The van der Waals surface area contributed by atoms with Crippen molar-refractivity contribution in [3.8, 4) is 0 Å². The van der Waals surface area contributed by atoms with Crippen LogP contribution in [0, 0.1) is 18.6 Å². The van der Waals surface area contributed by atoms with Gasteiger partial charge in [-0.1, -0.05) is 13.0 Å². The summed E-state index contributed by atoms with van der Waals surface area (Å²) in [6, 6.07) is 5.29. The number of para-hydroxylation sites is 1. The van der Waals surface area contributed by atoms with Crippen LogP contribution < -0.4 is 5.32 Å². The van der Waals surface area contributed by atoms with Crippen LogP contribution in [0.4, 0.5) is 18.9 Å². The third-order valence-corrected chi connectivity index (χ3v) is 5.96. The molecule has 152 valence electrons. The van der Waals surface area contributed by atoms with Crippen LogP contribution in [0.15, 0.2) is 35.2 Å². The molecule has 2 rings (SSSR count). The van der Waals surface area contributed by atoms with E-state index in [4.69, 9.17) is 0 Å². The Morgan fingerprint density at radius 2 is 2.00 bits per heavy atom. The molecule has 28 heavy (non-hydrogen) atoms. The molecule has 1 unspecified atom stereocenters. The third kappa shape index (κ3) is 5.19. The van der Waals surface area contributed by atoms with Crippen molar-refractivity contribution in [2.24, 2.45) is 7.05 Å². The predicted molar refractivity (Wildman–Crippen MR) is 107 cm³/mol. The van der Waals surface area contributed by atoms with E-state index in [1.54, 1.807) is 4.68 Å². The minimum atomic E-state index is -0.860. The number of allylic oxidation sites excluding steroid dienone is 1. The maximum Gasteiger partial charge on any atom is 0.229 e. The van der Waals surface area contributed by atoms with Gasteiger partial charge in [0.15, 0.2) is 0 Å². The van der Waals surface area contributed by atoms with Gasteiger partial charge in [0, 0.05) is 7.05 Å². The van der Waals surface area contributed by atoms with Crippen molar-refractivity contribution in [1.82, 2.24) is 9.78 Å². The minimum Gasteiger partial charge on any atom is -0.321 e. The van der Waals surface area contributed by atoms with E-state index in [1.807, 2.05) is 33.9 Å². The van der Waals surface area contributed by atoms with Crippen LogP contribution in [0.1, 0.15) is 38.1 Å². The molecule has 0 spiro atoms. The molecule has 0 bridgehead atoms. The number of amides is 1. The normalized spacial score (nSPS) is 14.0. The zero-order valence-corrected chi connectivity index (χ0v) is 17.2. The highest BCUT2D eigenvalue weighted by atomic mass is 32.2. The predicted octanol–water partition coefficient (Wildman–Crippen LogP) is 5.25. The number of carbonyl (C=O) groups is 1. The quantitative estimate of drug-likeness (QED) is 0.646. The van der Waals surface area contributed by atoms with E-state index < -0.39 is 34.7 Å². The van der Waals surface area contributed by atoms with Crippen molar-refractivity contribution < 1.29 is 18.0 Å². The first-order chi connectivity index (χ1) is 13.2. The number of aromatic nitrogens is 2. The van der Waals surface area contributed by atoms with Crippen LogP contribution in [0.5, 0.6) is 0 Å². The van der Waals surface area contributed by atoms with E-state index in [2.05, 4.69) is 10.4 Å². The number of alkyl halides is 1. The number of carbonyl (C=O) groups excluding carboxylic acids is 1. The van der Waals surface area contributed by atoms with Gasteiger partial charge in [0.05, 0.1) is 22.6 Å². The molecule has 1 heterocycles. The molecular formula is C20H24F3N3OS. The summed E-state index contributed by atoms with van der Waals surface area (Å²) in [5.74, 6) is -2.34. The lowest BCUT2D eigenvalue weighted by Crippen LogP contribution is -2.22. The Hall–Kier alpha value is -2.22. The molecule has 1 N–H and O–H groups in total. The topological polar surface area (TPSA) is 46.9 Å². The Morgan fingerprint density at radius 1 is 1.36 bits per heavy atom. The van der Waals surface area contributed by atoms with Gasteiger partial charge in [-0.3, -0.25) is 9.48 Å². The van der Waals surface area contributed by atoms with E-state index >= 15 is 0 Å². The summed E-state index contributed by atoms with van der Waals surface area (Å²) in [5.41, 5.74) is 1.31. The maximum absolute atomic E-state index is 13.7. The Labute approximate surface area is 167 Å². The monoisotopic (exact) mass is 411 g/mol. The van der Waals surface area contributed by atoms with Crippen molar-refractivity contribution in [2.75, 3.05) is 12.0 Å². The Balaban J connectivity index is 2.20. The van der Waals surface area contributed by atoms with Gasteiger partial charge >= 0.3 is 0 Å². The second-order valence-corrected chi connectivity index (χ2v) is 8.26. The Kier molecular flexibility index (Phi) is 7.35. The molecule has 0 radical (unpaired) electrons. The maximum atomic E-state index is 13.7. The van der Waals surface area contributed by atoms with Crippen LogP contribution >= 0.6 is 11.8 Å². The van der Waals surface area contributed by atoms with Gasteiger partial charge in [-0.25, -0.2) is 13.2 Å². The Morgan fingerprint density at radius 3 is 2.50 bits per heavy atom. The van der Waals surface area contributed by atoms with Crippen LogP contribution in [0.2, 0.25) is 0 Å². The first-order valence-corrected chi connectivity index (χ1v) is 9.70. The second kappa shape index (κ2) is 9.32. The van der Waals surface area contributed by atoms with Gasteiger partial charge < -0.3 is 5.32 Å². The zero-order chi connectivity index (χ0) is 20.9. The molecule has 0 saturated carbocycles. The fraction of sp³-hybridized carbons (Fsp3) is 0.400. The van der Waals surface area contributed by atoms with Crippen molar-refractivity contribution in [3.63, 3.8) is 0 Å². The highest BCUT2D eigenvalue weighted by Crippen LogP contribution is 2.44. The molecule has 8 heteroatoms. The number of halogens is 3. The van der Waals surface area contributed by atoms with Crippen LogP contribution in [0.25, 0.3) is 0 Å². The van der Waals surface area contributed by atoms with Gasteiger partial charge in [-0.15, -0.1) is 11.8 Å². The summed E-state index contributed by atoms with van der Waals surface area (Å²) in [7, 11) is 1.84. The first-order valence-electron chi connectivity index (χ1n) is 8.89. The van der Waals surface area contributed by atoms with Crippen LogP contribution in [-0.2, 0) is 16.6 Å². The summed E-state index contributed by atoms with van der Waals surface area (Å²) in [4.78, 5) is 12.8. The molecule has 1 aromatic heterocycles. The van der Waals surface area contributed by atoms with E-state index in [0.717, 1.165) is 23.5 Å². The number of aryl methyl sites for hydroxylation is 2.